The molecule has 0 aliphatic rings. The number of aryl methyl sites for hydroxylation is 2. The number of carboxylic acid groups (broad SMARTS) is 1. The van der Waals surface area contributed by atoms with Crippen LogP contribution in [0, 0.1) is 13.8 Å². The lowest BCUT2D eigenvalue weighted by Crippen LogP contribution is -2.31. The van der Waals surface area contributed by atoms with E-state index in [0.717, 1.165) is 11.1 Å². The first-order valence-electron chi connectivity index (χ1n) is 8.30. The summed E-state index contributed by atoms with van der Waals surface area (Å²) in [6.07, 6.45) is -0.0598. The number of amides is 1. The van der Waals surface area contributed by atoms with Gasteiger partial charge in [0.25, 0.3) is 0 Å². The summed E-state index contributed by atoms with van der Waals surface area (Å²) in [5.74, 6) is -0.228. The van der Waals surface area contributed by atoms with Crippen molar-refractivity contribution < 1.29 is 19.2 Å². The number of aromatic nitrogens is 1. The molecule has 0 bridgehead atoms. The standard InChI is InChI=1S/C19H24N2O4/c1-11(2)14-5-7-15(8-6-14)17(10-19(23)24)20-18(22)9-16-12(3)21-25-13(16)4/h5-8,11,17H,9-10H2,1-4H3,(H,20,22)(H,23,24). The van der Waals surface area contributed by atoms with Crippen LogP contribution in [0.15, 0.2) is 28.8 Å². The Morgan fingerprint density at radius 2 is 1.76 bits per heavy atom. The number of aliphatic carboxylic acids is 1. The molecule has 0 radical (unpaired) electrons. The molecule has 6 heteroatoms. The average Bonchev–Trinajstić information content (AvgIpc) is 2.86. The van der Waals surface area contributed by atoms with Crippen LogP contribution in [-0.4, -0.2) is 22.1 Å². The molecule has 0 fully saturated rings. The summed E-state index contributed by atoms with van der Waals surface area (Å²) in [6.45, 7) is 7.71. The Labute approximate surface area is 147 Å². The summed E-state index contributed by atoms with van der Waals surface area (Å²) in [4.78, 5) is 23.6. The largest absolute Gasteiger partial charge is 0.481 e. The van der Waals surface area contributed by atoms with Gasteiger partial charge in [-0.25, -0.2) is 0 Å². The van der Waals surface area contributed by atoms with Gasteiger partial charge in [-0.3, -0.25) is 9.59 Å². The SMILES string of the molecule is Cc1noc(C)c1CC(=O)NC(CC(=O)O)c1ccc(C(C)C)cc1. The number of hydrogen-bond donors (Lipinski definition) is 2. The van der Waals surface area contributed by atoms with Crippen molar-refractivity contribution in [1.29, 1.82) is 0 Å². The maximum absolute atomic E-state index is 12.4. The highest BCUT2D eigenvalue weighted by Gasteiger charge is 2.20. The molecule has 0 saturated heterocycles. The number of rotatable bonds is 7. The molecule has 1 amide bonds. The zero-order chi connectivity index (χ0) is 18.6. The lowest BCUT2D eigenvalue weighted by atomic mass is 9.97. The maximum Gasteiger partial charge on any atom is 0.305 e. The zero-order valence-electron chi connectivity index (χ0n) is 15.0. The van der Waals surface area contributed by atoms with Gasteiger partial charge >= 0.3 is 5.97 Å². The normalized spacial score (nSPS) is 12.2. The van der Waals surface area contributed by atoms with Crippen LogP contribution in [0.1, 0.15) is 60.4 Å². The molecule has 0 spiro atoms. The van der Waals surface area contributed by atoms with Crippen molar-refractivity contribution in [3.05, 3.63) is 52.4 Å². The Balaban J connectivity index is 2.14. The summed E-state index contributed by atoms with van der Waals surface area (Å²) in [5, 5.41) is 15.8. The smallest absolute Gasteiger partial charge is 0.305 e. The molecule has 2 N–H and O–H groups in total. The second kappa shape index (κ2) is 7.96. The fraction of sp³-hybridized carbons (Fsp3) is 0.421. The molecule has 2 rings (SSSR count). The monoisotopic (exact) mass is 344 g/mol. The van der Waals surface area contributed by atoms with Gasteiger partial charge in [0.1, 0.15) is 5.76 Å². The number of hydrogen-bond acceptors (Lipinski definition) is 4. The number of benzene rings is 1. The minimum Gasteiger partial charge on any atom is -0.481 e. The molecule has 2 aromatic rings. The molecule has 1 unspecified atom stereocenters. The van der Waals surface area contributed by atoms with E-state index in [1.54, 1.807) is 13.8 Å². The van der Waals surface area contributed by atoms with Gasteiger partial charge in [0.15, 0.2) is 0 Å². The van der Waals surface area contributed by atoms with Crippen LogP contribution in [-0.2, 0) is 16.0 Å². The highest BCUT2D eigenvalue weighted by atomic mass is 16.5. The summed E-state index contributed by atoms with van der Waals surface area (Å²) >= 11 is 0. The van der Waals surface area contributed by atoms with Crippen LogP contribution >= 0.6 is 0 Å². The van der Waals surface area contributed by atoms with E-state index in [9.17, 15) is 9.59 Å². The third-order valence-corrected chi connectivity index (χ3v) is 4.24. The van der Waals surface area contributed by atoms with E-state index in [0.29, 0.717) is 17.4 Å². The number of nitrogens with one attached hydrogen (secondary N) is 1. The van der Waals surface area contributed by atoms with Crippen molar-refractivity contribution in [3.8, 4) is 0 Å². The Morgan fingerprint density at radius 1 is 1.16 bits per heavy atom. The van der Waals surface area contributed by atoms with Gasteiger partial charge in [0.2, 0.25) is 5.91 Å². The van der Waals surface area contributed by atoms with Gasteiger partial charge in [-0.2, -0.15) is 0 Å². The third kappa shape index (κ3) is 4.92. The van der Waals surface area contributed by atoms with E-state index < -0.39 is 12.0 Å². The first-order valence-corrected chi connectivity index (χ1v) is 8.30. The lowest BCUT2D eigenvalue weighted by Gasteiger charge is -2.18. The Bertz CT molecular complexity index is 728. The molecule has 1 atom stereocenters. The second-order valence-electron chi connectivity index (χ2n) is 6.52. The van der Waals surface area contributed by atoms with Crippen LogP contribution in [0.3, 0.4) is 0 Å². The summed E-state index contributed by atoms with van der Waals surface area (Å²) in [6, 6.07) is 7.11. The van der Waals surface area contributed by atoms with Gasteiger partial charge < -0.3 is 14.9 Å². The maximum atomic E-state index is 12.4. The summed E-state index contributed by atoms with van der Waals surface area (Å²) < 4.78 is 5.06. The molecule has 1 aromatic heterocycles. The predicted octanol–water partition coefficient (Wildman–Crippen LogP) is 3.29. The fourth-order valence-corrected chi connectivity index (χ4v) is 2.70. The predicted molar refractivity (Wildman–Crippen MR) is 93.3 cm³/mol. The van der Waals surface area contributed by atoms with Gasteiger partial charge in [0, 0.05) is 5.56 Å². The highest BCUT2D eigenvalue weighted by Crippen LogP contribution is 2.22. The molecule has 0 aliphatic carbocycles. The van der Waals surface area contributed by atoms with Crippen LogP contribution in [0.2, 0.25) is 0 Å². The minimum absolute atomic E-state index is 0.112. The van der Waals surface area contributed by atoms with Crippen molar-refractivity contribution in [2.45, 2.75) is 52.5 Å². The van der Waals surface area contributed by atoms with Crippen molar-refractivity contribution in [2.24, 2.45) is 0 Å². The zero-order valence-corrected chi connectivity index (χ0v) is 15.0. The molecule has 1 heterocycles. The number of carbonyl (C=O) groups is 2. The number of nitrogens with zero attached hydrogens (tertiary/aromatic N) is 1. The average molecular weight is 344 g/mol. The molecule has 0 saturated carbocycles. The van der Waals surface area contributed by atoms with E-state index in [-0.39, 0.29) is 18.7 Å². The molecular formula is C19H24N2O4. The first-order chi connectivity index (χ1) is 11.8. The van der Waals surface area contributed by atoms with E-state index >= 15 is 0 Å². The van der Waals surface area contributed by atoms with Crippen LogP contribution in [0.4, 0.5) is 0 Å². The van der Waals surface area contributed by atoms with Crippen LogP contribution in [0.5, 0.6) is 0 Å². The fourth-order valence-electron chi connectivity index (χ4n) is 2.70. The summed E-state index contributed by atoms with van der Waals surface area (Å²) in [7, 11) is 0. The highest BCUT2D eigenvalue weighted by molar-refractivity contribution is 5.80. The van der Waals surface area contributed by atoms with Crippen LogP contribution < -0.4 is 5.32 Å². The third-order valence-electron chi connectivity index (χ3n) is 4.24. The first kappa shape index (κ1) is 18.7. The number of carboxylic acids is 1. The van der Waals surface area contributed by atoms with Crippen molar-refractivity contribution in [3.63, 3.8) is 0 Å². The molecule has 1 aromatic carbocycles. The van der Waals surface area contributed by atoms with E-state index in [1.807, 2.05) is 24.3 Å². The summed E-state index contributed by atoms with van der Waals surface area (Å²) in [5.41, 5.74) is 3.35. The van der Waals surface area contributed by atoms with Crippen molar-refractivity contribution >= 4 is 11.9 Å². The van der Waals surface area contributed by atoms with Gasteiger partial charge in [-0.15, -0.1) is 0 Å². The van der Waals surface area contributed by atoms with Gasteiger partial charge in [-0.1, -0.05) is 43.3 Å². The Kier molecular flexibility index (Phi) is 5.96. The van der Waals surface area contributed by atoms with E-state index in [2.05, 4.69) is 24.3 Å². The lowest BCUT2D eigenvalue weighted by molar-refractivity contribution is -0.137. The molecule has 6 nitrogen and oxygen atoms in total. The molecule has 0 aliphatic heterocycles. The quantitative estimate of drug-likeness (QED) is 0.804. The Hall–Kier alpha value is -2.63. The van der Waals surface area contributed by atoms with Crippen molar-refractivity contribution in [2.75, 3.05) is 0 Å². The van der Waals surface area contributed by atoms with E-state index in [1.165, 1.54) is 5.56 Å². The van der Waals surface area contributed by atoms with Crippen molar-refractivity contribution in [1.82, 2.24) is 10.5 Å². The minimum atomic E-state index is -0.962. The molecule has 134 valence electrons. The van der Waals surface area contributed by atoms with Gasteiger partial charge in [0.05, 0.1) is 24.6 Å². The second-order valence-corrected chi connectivity index (χ2v) is 6.52. The Morgan fingerprint density at radius 3 is 2.24 bits per heavy atom. The molecular weight excluding hydrogens is 320 g/mol. The van der Waals surface area contributed by atoms with Gasteiger partial charge in [-0.05, 0) is 30.9 Å². The van der Waals surface area contributed by atoms with Crippen LogP contribution in [0.25, 0.3) is 0 Å². The molecule has 25 heavy (non-hydrogen) atoms. The number of carbonyl (C=O) groups excluding carboxylic acids is 1. The van der Waals surface area contributed by atoms with E-state index in [4.69, 9.17) is 9.63 Å². The topological polar surface area (TPSA) is 92.4 Å².